The second-order valence-corrected chi connectivity index (χ2v) is 3.65. The third kappa shape index (κ3) is 2.31. The van der Waals surface area contributed by atoms with Crippen molar-refractivity contribution in [2.24, 2.45) is 5.84 Å². The van der Waals surface area contributed by atoms with Crippen LogP contribution in [0.1, 0.15) is 5.76 Å². The van der Waals surface area contributed by atoms with Gasteiger partial charge in [0.05, 0.1) is 6.26 Å². The summed E-state index contributed by atoms with van der Waals surface area (Å²) in [6, 6.07) is 3.61. The molecule has 0 aliphatic heterocycles. The second-order valence-electron chi connectivity index (χ2n) is 2.85. The van der Waals surface area contributed by atoms with Crippen LogP contribution in [0.2, 0.25) is 0 Å². The molecule has 3 N–H and O–H groups in total. The lowest BCUT2D eigenvalue weighted by Gasteiger charge is -2.07. The summed E-state index contributed by atoms with van der Waals surface area (Å²) in [5, 5.41) is 0. The summed E-state index contributed by atoms with van der Waals surface area (Å²) in [6.45, 7) is 0.298. The molecule has 2 rings (SSSR count). The average molecular weight is 285 g/mol. The highest BCUT2D eigenvalue weighted by atomic mass is 79.9. The van der Waals surface area contributed by atoms with Gasteiger partial charge < -0.3 is 14.6 Å². The van der Waals surface area contributed by atoms with E-state index in [-0.39, 0.29) is 0 Å². The molecule has 0 amide bonds. The largest absolute Gasteiger partial charge is 0.469 e. The van der Waals surface area contributed by atoms with E-state index in [1.54, 1.807) is 12.3 Å². The molecule has 0 aliphatic rings. The van der Waals surface area contributed by atoms with Gasteiger partial charge in [0, 0.05) is 0 Å². The standard InChI is InChI=1S/C9H9BrN4O2/c10-7-8(14-11)12-5-13-9(7)16-4-6-2-1-3-15-6/h1-3,5H,4,11H2,(H,12,13,14). The van der Waals surface area contributed by atoms with Gasteiger partial charge in [-0.2, -0.15) is 0 Å². The fourth-order valence-corrected chi connectivity index (χ4v) is 1.52. The van der Waals surface area contributed by atoms with Gasteiger partial charge in [0.25, 0.3) is 0 Å². The predicted octanol–water partition coefficient (Wildman–Crippen LogP) is 1.70. The number of ether oxygens (including phenoxy) is 1. The number of anilines is 1. The molecule has 0 bridgehead atoms. The SMILES string of the molecule is NNc1ncnc(OCc2ccco2)c1Br. The predicted molar refractivity (Wildman–Crippen MR) is 60.6 cm³/mol. The molecule has 0 radical (unpaired) electrons. The minimum atomic E-state index is 0.298. The van der Waals surface area contributed by atoms with Crippen LogP contribution < -0.4 is 16.0 Å². The average Bonchev–Trinajstić information content (AvgIpc) is 2.81. The molecule has 2 heterocycles. The van der Waals surface area contributed by atoms with Crippen molar-refractivity contribution in [2.75, 3.05) is 5.43 Å². The van der Waals surface area contributed by atoms with Crippen LogP contribution in [0.4, 0.5) is 5.82 Å². The topological polar surface area (TPSA) is 86.2 Å². The van der Waals surface area contributed by atoms with Crippen LogP contribution in [-0.2, 0) is 6.61 Å². The van der Waals surface area contributed by atoms with Crippen molar-refractivity contribution in [3.8, 4) is 5.88 Å². The molecule has 0 saturated heterocycles. The third-order valence-corrected chi connectivity index (χ3v) is 2.54. The van der Waals surface area contributed by atoms with Crippen LogP contribution in [-0.4, -0.2) is 9.97 Å². The lowest BCUT2D eigenvalue weighted by atomic mass is 10.5. The summed E-state index contributed by atoms with van der Waals surface area (Å²) in [6.07, 6.45) is 2.94. The molecule has 2 aromatic rings. The van der Waals surface area contributed by atoms with Gasteiger partial charge in [-0.05, 0) is 28.1 Å². The zero-order valence-electron chi connectivity index (χ0n) is 8.18. The summed E-state index contributed by atoms with van der Waals surface area (Å²) in [7, 11) is 0. The fourth-order valence-electron chi connectivity index (χ4n) is 1.09. The number of hydrazine groups is 1. The van der Waals surface area contributed by atoms with E-state index >= 15 is 0 Å². The van der Waals surface area contributed by atoms with Crippen LogP contribution >= 0.6 is 15.9 Å². The first kappa shape index (κ1) is 10.9. The lowest BCUT2D eigenvalue weighted by molar-refractivity contribution is 0.258. The van der Waals surface area contributed by atoms with Gasteiger partial charge in [0.15, 0.2) is 5.82 Å². The highest BCUT2D eigenvalue weighted by Gasteiger charge is 2.09. The minimum absolute atomic E-state index is 0.298. The van der Waals surface area contributed by atoms with E-state index in [9.17, 15) is 0 Å². The lowest BCUT2D eigenvalue weighted by Crippen LogP contribution is -2.10. The third-order valence-electron chi connectivity index (χ3n) is 1.83. The molecule has 0 spiro atoms. The summed E-state index contributed by atoms with van der Waals surface area (Å²) < 4.78 is 11.1. The summed E-state index contributed by atoms with van der Waals surface area (Å²) in [4.78, 5) is 7.87. The maximum Gasteiger partial charge on any atom is 0.233 e. The number of nitrogen functional groups attached to an aromatic ring is 1. The molecular weight excluding hydrogens is 276 g/mol. The number of aromatic nitrogens is 2. The van der Waals surface area contributed by atoms with Crippen molar-refractivity contribution in [3.05, 3.63) is 35.0 Å². The Morgan fingerprint density at radius 3 is 3.06 bits per heavy atom. The molecule has 0 aromatic carbocycles. The summed E-state index contributed by atoms with van der Waals surface area (Å²) >= 11 is 3.28. The Hall–Kier alpha value is -1.60. The quantitative estimate of drug-likeness (QED) is 0.656. The van der Waals surface area contributed by atoms with Crippen molar-refractivity contribution >= 4 is 21.7 Å². The zero-order valence-corrected chi connectivity index (χ0v) is 9.77. The van der Waals surface area contributed by atoms with Gasteiger partial charge in [-0.15, -0.1) is 0 Å². The van der Waals surface area contributed by atoms with Crippen LogP contribution in [0.25, 0.3) is 0 Å². The van der Waals surface area contributed by atoms with E-state index < -0.39 is 0 Å². The number of hydrogen-bond acceptors (Lipinski definition) is 6. The normalized spacial score (nSPS) is 10.1. The molecule has 0 saturated carbocycles. The summed E-state index contributed by atoms with van der Waals surface area (Å²) in [5.74, 6) is 6.85. The van der Waals surface area contributed by atoms with Crippen molar-refractivity contribution in [3.63, 3.8) is 0 Å². The Morgan fingerprint density at radius 1 is 1.50 bits per heavy atom. The Balaban J connectivity index is 2.09. The molecule has 0 aliphatic carbocycles. The smallest absolute Gasteiger partial charge is 0.233 e. The van der Waals surface area contributed by atoms with Crippen molar-refractivity contribution in [2.45, 2.75) is 6.61 Å². The number of nitrogens with one attached hydrogen (secondary N) is 1. The first-order valence-corrected chi connectivity index (χ1v) is 5.23. The van der Waals surface area contributed by atoms with E-state index in [1.165, 1.54) is 6.33 Å². The van der Waals surface area contributed by atoms with E-state index in [2.05, 4.69) is 31.3 Å². The van der Waals surface area contributed by atoms with Crippen LogP contribution in [0.3, 0.4) is 0 Å². The maximum atomic E-state index is 5.44. The van der Waals surface area contributed by atoms with Crippen molar-refractivity contribution < 1.29 is 9.15 Å². The number of nitrogens with zero attached hydrogens (tertiary/aromatic N) is 2. The van der Waals surface area contributed by atoms with Crippen molar-refractivity contribution in [1.29, 1.82) is 0 Å². The van der Waals surface area contributed by atoms with Crippen LogP contribution in [0.5, 0.6) is 5.88 Å². The first-order valence-electron chi connectivity index (χ1n) is 4.43. The Bertz CT molecular complexity index is 461. The van der Waals surface area contributed by atoms with Crippen LogP contribution in [0.15, 0.2) is 33.6 Å². The Labute approximate surface area is 99.9 Å². The van der Waals surface area contributed by atoms with Gasteiger partial charge in [-0.3, -0.25) is 0 Å². The molecule has 7 heteroatoms. The molecule has 0 fully saturated rings. The molecule has 84 valence electrons. The zero-order chi connectivity index (χ0) is 11.4. The first-order chi connectivity index (χ1) is 7.81. The molecule has 0 atom stereocenters. The number of furan rings is 1. The maximum absolute atomic E-state index is 5.44. The van der Waals surface area contributed by atoms with Crippen molar-refractivity contribution in [1.82, 2.24) is 9.97 Å². The number of nitrogens with two attached hydrogens (primary N) is 1. The molecule has 16 heavy (non-hydrogen) atoms. The van der Waals surface area contributed by atoms with Gasteiger partial charge in [0.2, 0.25) is 5.88 Å². The molecule has 0 unspecified atom stereocenters. The minimum Gasteiger partial charge on any atom is -0.469 e. The highest BCUT2D eigenvalue weighted by molar-refractivity contribution is 9.10. The molecular formula is C9H9BrN4O2. The van der Waals surface area contributed by atoms with E-state index in [0.29, 0.717) is 28.5 Å². The van der Waals surface area contributed by atoms with Gasteiger partial charge in [-0.25, -0.2) is 15.8 Å². The molecule has 6 nitrogen and oxygen atoms in total. The van der Waals surface area contributed by atoms with E-state index in [0.717, 1.165) is 0 Å². The summed E-state index contributed by atoms with van der Waals surface area (Å²) in [5.41, 5.74) is 2.43. The monoisotopic (exact) mass is 284 g/mol. The highest BCUT2D eigenvalue weighted by Crippen LogP contribution is 2.28. The van der Waals surface area contributed by atoms with E-state index in [1.807, 2.05) is 6.07 Å². The van der Waals surface area contributed by atoms with Gasteiger partial charge >= 0.3 is 0 Å². The number of hydrogen-bond donors (Lipinski definition) is 2. The van der Waals surface area contributed by atoms with Crippen LogP contribution in [0, 0.1) is 0 Å². The number of halogens is 1. The van der Waals surface area contributed by atoms with E-state index in [4.69, 9.17) is 15.0 Å². The Morgan fingerprint density at radius 2 is 2.38 bits per heavy atom. The second kappa shape index (κ2) is 4.95. The molecule has 2 aromatic heterocycles. The van der Waals surface area contributed by atoms with Gasteiger partial charge in [-0.1, -0.05) is 0 Å². The Kier molecular flexibility index (Phi) is 3.37. The van der Waals surface area contributed by atoms with Gasteiger partial charge in [0.1, 0.15) is 23.2 Å². The fraction of sp³-hybridized carbons (Fsp3) is 0.111. The number of rotatable bonds is 4.